The lowest BCUT2D eigenvalue weighted by Crippen LogP contribution is -2.46. The lowest BCUT2D eigenvalue weighted by molar-refractivity contribution is -0.203. The maximum Gasteiger partial charge on any atom is 0.491 e. The van der Waals surface area contributed by atoms with E-state index in [0.29, 0.717) is 41.0 Å². The number of alkyl halides is 3. The van der Waals surface area contributed by atoms with E-state index >= 15 is 0 Å². The van der Waals surface area contributed by atoms with Crippen molar-refractivity contribution in [2.24, 2.45) is 0 Å². The van der Waals surface area contributed by atoms with E-state index in [1.54, 1.807) is 12.3 Å². The fourth-order valence-electron chi connectivity index (χ4n) is 4.11. The quantitative estimate of drug-likeness (QED) is 0.219. The molecule has 4 rings (SSSR count). The van der Waals surface area contributed by atoms with Crippen molar-refractivity contribution < 1.29 is 32.2 Å². The summed E-state index contributed by atoms with van der Waals surface area (Å²) in [6.45, 7) is 6.20. The van der Waals surface area contributed by atoms with E-state index in [-0.39, 0.29) is 6.10 Å². The third-order valence-electron chi connectivity index (χ3n) is 5.96. The van der Waals surface area contributed by atoms with Crippen molar-refractivity contribution >= 4 is 35.1 Å². The maximum atomic E-state index is 12.4. The first-order chi connectivity index (χ1) is 18.5. The van der Waals surface area contributed by atoms with Gasteiger partial charge in [-0.25, -0.2) is 14.6 Å². The van der Waals surface area contributed by atoms with Crippen LogP contribution in [-0.2, 0) is 27.2 Å². The zero-order chi connectivity index (χ0) is 28.3. The molecule has 7 nitrogen and oxygen atoms in total. The number of benzene rings is 2. The Morgan fingerprint density at radius 3 is 2.59 bits per heavy atom. The molecule has 3 aromatic rings. The first-order valence-corrected chi connectivity index (χ1v) is 13.3. The topological polar surface area (TPSA) is 81.6 Å². The van der Waals surface area contributed by atoms with Crippen molar-refractivity contribution in [3.05, 3.63) is 64.8 Å². The van der Waals surface area contributed by atoms with Gasteiger partial charge >= 0.3 is 18.1 Å². The van der Waals surface area contributed by atoms with Gasteiger partial charge in [0.2, 0.25) is 0 Å². The summed E-state index contributed by atoms with van der Waals surface area (Å²) in [5, 5.41) is 1.19. The molecule has 0 radical (unpaired) electrons. The molecule has 39 heavy (non-hydrogen) atoms. The predicted molar refractivity (Wildman–Crippen MR) is 141 cm³/mol. The molecule has 12 heteroatoms. The second-order valence-corrected chi connectivity index (χ2v) is 10.2. The zero-order valence-electron chi connectivity index (χ0n) is 21.3. The van der Waals surface area contributed by atoms with E-state index < -0.39 is 24.2 Å². The van der Waals surface area contributed by atoms with Crippen molar-refractivity contribution in [2.45, 2.75) is 51.9 Å². The van der Waals surface area contributed by atoms with Crippen molar-refractivity contribution in [3.8, 4) is 27.7 Å². The molecule has 0 spiro atoms. The molecule has 0 saturated carbocycles. The number of hydrogen-bond donors (Lipinski definition) is 0. The lowest BCUT2D eigenvalue weighted by Gasteiger charge is -2.33. The molecule has 0 N–H and O–H groups in total. The van der Waals surface area contributed by atoms with Crippen LogP contribution in [0.2, 0.25) is 5.02 Å². The van der Waals surface area contributed by atoms with Crippen LogP contribution >= 0.6 is 23.1 Å². The number of rotatable bonds is 9. The molecule has 0 bridgehead atoms. The third-order valence-corrected chi connectivity index (χ3v) is 7.02. The Labute approximate surface area is 232 Å². The number of nitrogens with zero attached hydrogens (tertiary/aromatic N) is 3. The summed E-state index contributed by atoms with van der Waals surface area (Å²) in [6.07, 6.45) is -1.08. The molecule has 0 fully saturated rings. The molecule has 206 valence electrons. The van der Waals surface area contributed by atoms with Crippen LogP contribution in [-0.4, -0.2) is 51.1 Å². The number of hydrogen-bond acceptors (Lipinski definition) is 8. The monoisotopic (exact) mass is 579 g/mol. The van der Waals surface area contributed by atoms with E-state index in [2.05, 4.69) is 9.11 Å². The third kappa shape index (κ3) is 6.59. The Bertz CT molecular complexity index is 1410. The highest BCUT2D eigenvalue weighted by Gasteiger charge is 2.44. The number of aromatic nitrogens is 2. The van der Waals surface area contributed by atoms with Gasteiger partial charge in [-0.3, -0.25) is 0 Å². The Morgan fingerprint density at radius 1 is 1.21 bits per heavy atom. The van der Waals surface area contributed by atoms with Crippen LogP contribution in [0.3, 0.4) is 0 Å². The van der Waals surface area contributed by atoms with Gasteiger partial charge in [0.15, 0.2) is 5.82 Å². The highest BCUT2D eigenvalue weighted by atomic mass is 35.5. The molecule has 2 heterocycles. The molecule has 2 aromatic carbocycles. The van der Waals surface area contributed by atoms with Gasteiger partial charge in [-0.2, -0.15) is 17.5 Å². The smallest absolute Gasteiger partial charge is 0.489 e. The highest BCUT2D eigenvalue weighted by molar-refractivity contribution is 7.09. The molecular weight excluding hydrogens is 555 g/mol. The molecule has 0 amide bonds. The van der Waals surface area contributed by atoms with E-state index in [1.807, 2.05) is 51.1 Å². The minimum atomic E-state index is -5.23. The molecular formula is C27H25ClF3N3O4S. The fourth-order valence-corrected chi connectivity index (χ4v) is 5.01. The zero-order valence-corrected chi connectivity index (χ0v) is 22.9. The Balaban J connectivity index is 1.47. The normalized spacial score (nSPS) is 14.9. The average molecular weight is 580 g/mol. The molecule has 1 aliphatic heterocycles. The van der Waals surface area contributed by atoms with Crippen LogP contribution in [0.25, 0.3) is 22.0 Å². The minimum absolute atomic E-state index is 0.00312. The summed E-state index contributed by atoms with van der Waals surface area (Å²) in [7, 11) is 0. The molecule has 1 aliphatic rings. The second kappa shape index (κ2) is 11.7. The summed E-state index contributed by atoms with van der Waals surface area (Å²) >= 11 is 7.65. The Hall–Kier alpha value is -3.44. The van der Waals surface area contributed by atoms with Crippen LogP contribution in [0.15, 0.2) is 48.7 Å². The van der Waals surface area contributed by atoms with Crippen molar-refractivity contribution in [2.75, 3.05) is 6.54 Å². The SMILES string of the molecule is CCc1c(CCN2C=CC2C(=O)OC(=O)C(F)(F)F)cccc1-c1nsc(-c2ccc(OC(C)C)c(Cl)c2)n1. The van der Waals surface area contributed by atoms with E-state index in [0.717, 1.165) is 22.3 Å². The van der Waals surface area contributed by atoms with Gasteiger partial charge in [-0.15, -0.1) is 0 Å². The minimum Gasteiger partial charge on any atom is -0.489 e. The summed E-state index contributed by atoms with van der Waals surface area (Å²) in [4.78, 5) is 29.3. The summed E-state index contributed by atoms with van der Waals surface area (Å²) in [5.41, 5.74) is 3.70. The number of halogens is 4. The summed E-state index contributed by atoms with van der Waals surface area (Å²) in [5.74, 6) is -2.61. The van der Waals surface area contributed by atoms with E-state index in [1.165, 1.54) is 22.5 Å². The molecule has 0 aliphatic carbocycles. The van der Waals surface area contributed by atoms with Crippen LogP contribution in [0.5, 0.6) is 5.75 Å². The van der Waals surface area contributed by atoms with Gasteiger partial charge in [0, 0.05) is 17.7 Å². The number of esters is 2. The van der Waals surface area contributed by atoms with Crippen LogP contribution < -0.4 is 4.74 Å². The number of carbonyl (C=O) groups excluding carboxylic acids is 2. The van der Waals surface area contributed by atoms with Gasteiger partial charge in [0.1, 0.15) is 16.8 Å². The fraction of sp³-hybridized carbons (Fsp3) is 0.333. The standard InChI is InChI=1S/C27H25ClF3N3O4S/c1-4-18-16(10-12-34-13-11-21(34)25(35)38-26(36)27(29,30)31)6-5-7-19(18)23-32-24(39-33-23)17-8-9-22(20(28)14-17)37-15(2)3/h5-9,11,13-15,21H,4,10,12H2,1-3H3. The van der Waals surface area contributed by atoms with E-state index in [4.69, 9.17) is 21.3 Å². The van der Waals surface area contributed by atoms with Crippen LogP contribution in [0.1, 0.15) is 31.9 Å². The molecule has 1 unspecified atom stereocenters. The Morgan fingerprint density at radius 2 is 1.97 bits per heavy atom. The molecule has 1 aromatic heterocycles. The van der Waals surface area contributed by atoms with Gasteiger partial charge in [-0.05, 0) is 79.8 Å². The Kier molecular flexibility index (Phi) is 8.60. The van der Waals surface area contributed by atoms with Gasteiger partial charge < -0.3 is 14.4 Å². The predicted octanol–water partition coefficient (Wildman–Crippen LogP) is 6.25. The largest absolute Gasteiger partial charge is 0.491 e. The average Bonchev–Trinajstić information content (AvgIpc) is 3.33. The number of carbonyl (C=O) groups is 2. The van der Waals surface area contributed by atoms with Gasteiger partial charge in [-0.1, -0.05) is 36.7 Å². The van der Waals surface area contributed by atoms with Crippen LogP contribution in [0, 0.1) is 0 Å². The highest BCUT2D eigenvalue weighted by Crippen LogP contribution is 2.34. The van der Waals surface area contributed by atoms with E-state index in [9.17, 15) is 22.8 Å². The lowest BCUT2D eigenvalue weighted by atomic mass is 9.95. The summed E-state index contributed by atoms with van der Waals surface area (Å²) < 4.78 is 51.5. The van der Waals surface area contributed by atoms with Gasteiger partial charge in [0.05, 0.1) is 11.1 Å². The second-order valence-electron chi connectivity index (χ2n) is 9.01. The van der Waals surface area contributed by atoms with Crippen LogP contribution in [0.4, 0.5) is 13.2 Å². The first kappa shape index (κ1) is 28.6. The first-order valence-electron chi connectivity index (χ1n) is 12.2. The van der Waals surface area contributed by atoms with Crippen molar-refractivity contribution in [1.29, 1.82) is 0 Å². The molecule has 0 saturated heterocycles. The summed E-state index contributed by atoms with van der Waals surface area (Å²) in [6, 6.07) is 10.2. The van der Waals surface area contributed by atoms with Crippen molar-refractivity contribution in [1.82, 2.24) is 14.3 Å². The van der Waals surface area contributed by atoms with Gasteiger partial charge in [0.25, 0.3) is 0 Å². The molecule has 1 atom stereocenters. The van der Waals surface area contributed by atoms with Crippen molar-refractivity contribution in [3.63, 3.8) is 0 Å². The maximum absolute atomic E-state index is 12.4. The number of ether oxygens (including phenoxy) is 2.